The maximum absolute atomic E-state index is 4.65. The van der Waals surface area contributed by atoms with Crippen molar-refractivity contribution in [1.29, 1.82) is 0 Å². The van der Waals surface area contributed by atoms with Crippen LogP contribution in [0.2, 0.25) is 0 Å². The molecule has 0 atom stereocenters. The first-order chi connectivity index (χ1) is 18.4. The van der Waals surface area contributed by atoms with Crippen LogP contribution in [-0.2, 0) is 16.5 Å². The topological polar surface area (TPSA) is 12.9 Å². The molecule has 0 bridgehead atoms. The fourth-order valence-electron chi connectivity index (χ4n) is 4.15. The molecular weight excluding hydrogens is 521 g/mol. The first kappa shape index (κ1) is 27.0. The minimum atomic E-state index is -0.877. The van der Waals surface area contributed by atoms with E-state index >= 15 is 0 Å². The third-order valence-corrected chi connectivity index (χ3v) is 8.64. The van der Waals surface area contributed by atoms with E-state index in [1.165, 1.54) is 15.6 Å². The van der Waals surface area contributed by atoms with Crippen molar-refractivity contribution >= 4 is 24.4 Å². The molecule has 0 N–H and O–H groups in total. The largest absolute Gasteiger partial charge is 2.00 e. The van der Waals surface area contributed by atoms with Gasteiger partial charge in [-0.3, -0.25) is 0 Å². The van der Waals surface area contributed by atoms with Gasteiger partial charge in [0.1, 0.15) is 0 Å². The molecule has 0 aliphatic heterocycles. The van der Waals surface area contributed by atoms with Crippen LogP contribution in [0.4, 0.5) is 0 Å². The molecule has 1 radical (unpaired) electrons. The summed E-state index contributed by atoms with van der Waals surface area (Å²) in [6.45, 7) is 0. The molecule has 1 aromatic heterocycles. The Kier molecular flexibility index (Phi) is 9.98. The van der Waals surface area contributed by atoms with E-state index < -0.39 is 8.80 Å². The van der Waals surface area contributed by atoms with Crippen LogP contribution < -0.4 is 15.6 Å². The van der Waals surface area contributed by atoms with Crippen LogP contribution in [0.3, 0.4) is 0 Å². The predicted molar refractivity (Wildman–Crippen MR) is 157 cm³/mol. The van der Waals surface area contributed by atoms with E-state index in [9.17, 15) is 0 Å². The quantitative estimate of drug-likeness (QED) is 0.142. The van der Waals surface area contributed by atoms with E-state index in [-0.39, 0.29) is 16.5 Å². The molecule has 0 aliphatic rings. The minimum absolute atomic E-state index is 0. The van der Waals surface area contributed by atoms with Crippen LogP contribution >= 0.6 is 0 Å². The van der Waals surface area contributed by atoms with Crippen molar-refractivity contribution in [2.75, 3.05) is 0 Å². The molecule has 0 saturated heterocycles. The fraction of sp³-hybridized carbons (Fsp3) is 0. The zero-order chi connectivity index (χ0) is 25.1. The third-order valence-electron chi connectivity index (χ3n) is 5.91. The van der Waals surface area contributed by atoms with Crippen molar-refractivity contribution in [3.8, 4) is 22.5 Å². The smallest absolute Gasteiger partial charge is 0.345 e. The van der Waals surface area contributed by atoms with Gasteiger partial charge in [0.2, 0.25) is 0 Å². The summed E-state index contributed by atoms with van der Waals surface area (Å²) in [7, 11) is -0.877. The minimum Gasteiger partial charge on any atom is -0.345 e. The Hall–Kier alpha value is -4.04. The first-order valence-electron chi connectivity index (χ1n) is 12.3. The number of nitrogens with zero attached hydrogens (tertiary/aromatic N) is 1. The van der Waals surface area contributed by atoms with Gasteiger partial charge in [0.25, 0.3) is 0 Å². The standard InChI is InChI=1S/C18H15Si.C17H11N.Ni/c1-4-10-16(11-5-1)19(17-12-6-2-7-13-17)18-14-8-3-9-15-18;1-3-8-14(9-4-1)16-12-7-13-17(18-16)15-10-5-2-6-11-15;/h1-15H;1-8,10,12-13H;/q;-2;+2. The molecule has 0 unspecified atom stereocenters. The third kappa shape index (κ3) is 7.04. The summed E-state index contributed by atoms with van der Waals surface area (Å²) < 4.78 is 0. The summed E-state index contributed by atoms with van der Waals surface area (Å²) in [5.41, 5.74) is 3.89. The number of benzene rings is 5. The van der Waals surface area contributed by atoms with Crippen molar-refractivity contribution in [3.63, 3.8) is 0 Å². The normalized spacial score (nSPS) is 10.1. The van der Waals surface area contributed by atoms with Gasteiger partial charge in [0.05, 0.1) is 0 Å². The molecule has 0 spiro atoms. The average molecular weight is 547 g/mol. The molecular formula is C35H26NNiSi. The van der Waals surface area contributed by atoms with E-state index in [0.717, 1.165) is 22.5 Å². The number of aromatic nitrogens is 1. The van der Waals surface area contributed by atoms with Crippen LogP contribution in [0.25, 0.3) is 22.5 Å². The summed E-state index contributed by atoms with van der Waals surface area (Å²) in [5, 5.41) is 4.31. The SMILES string of the molecule is [Ni+2].[c-]1ccccc1-c1cccc(-c2[c-]cccc2)n1.c1ccc([Si](c2ccccc2)c2ccccc2)cc1. The van der Waals surface area contributed by atoms with Crippen LogP contribution in [-0.4, -0.2) is 13.8 Å². The van der Waals surface area contributed by atoms with Gasteiger partial charge < -0.3 is 4.98 Å². The Morgan fingerprint density at radius 1 is 0.395 bits per heavy atom. The van der Waals surface area contributed by atoms with Crippen molar-refractivity contribution in [1.82, 2.24) is 4.98 Å². The van der Waals surface area contributed by atoms with Gasteiger partial charge in [-0.05, 0) is 11.4 Å². The monoisotopic (exact) mass is 546 g/mol. The molecule has 0 aliphatic carbocycles. The Labute approximate surface area is 237 Å². The van der Waals surface area contributed by atoms with E-state index in [1.807, 2.05) is 66.7 Å². The second-order valence-corrected chi connectivity index (χ2v) is 10.9. The summed E-state index contributed by atoms with van der Waals surface area (Å²) in [5.74, 6) is 0. The molecule has 38 heavy (non-hydrogen) atoms. The molecule has 1 nitrogen and oxygen atoms in total. The maximum Gasteiger partial charge on any atom is 2.00 e. The van der Waals surface area contributed by atoms with Crippen LogP contribution in [0.15, 0.2) is 158 Å². The number of rotatable bonds is 5. The van der Waals surface area contributed by atoms with E-state index in [4.69, 9.17) is 0 Å². The number of hydrogen-bond acceptors (Lipinski definition) is 1. The zero-order valence-electron chi connectivity index (χ0n) is 20.8. The summed E-state index contributed by atoms with van der Waals surface area (Å²) in [6.07, 6.45) is 0. The molecule has 1 heterocycles. The number of pyridine rings is 1. The van der Waals surface area contributed by atoms with Gasteiger partial charge in [0.15, 0.2) is 8.80 Å². The summed E-state index contributed by atoms with van der Waals surface area (Å²) in [6, 6.07) is 60.6. The van der Waals surface area contributed by atoms with Crippen LogP contribution in [0, 0.1) is 12.1 Å². The molecule has 0 amide bonds. The van der Waals surface area contributed by atoms with Gasteiger partial charge in [-0.1, -0.05) is 125 Å². The molecule has 185 valence electrons. The molecule has 3 heteroatoms. The van der Waals surface area contributed by atoms with Gasteiger partial charge >= 0.3 is 16.5 Å². The Bertz CT molecular complexity index is 1340. The maximum atomic E-state index is 4.65. The molecule has 6 aromatic rings. The van der Waals surface area contributed by atoms with E-state index in [1.54, 1.807) is 0 Å². The Balaban J connectivity index is 0.000000173. The fourth-order valence-corrected chi connectivity index (χ4v) is 6.73. The average Bonchev–Trinajstić information content (AvgIpc) is 3.00. The molecule has 0 fully saturated rings. The van der Waals surface area contributed by atoms with Gasteiger partial charge in [0, 0.05) is 0 Å². The van der Waals surface area contributed by atoms with Crippen LogP contribution in [0.1, 0.15) is 0 Å². The van der Waals surface area contributed by atoms with Gasteiger partial charge in [-0.2, -0.15) is 0 Å². The van der Waals surface area contributed by atoms with Crippen LogP contribution in [0.5, 0.6) is 0 Å². The predicted octanol–water partition coefficient (Wildman–Crippen LogP) is 6.22. The molecule has 5 aromatic carbocycles. The van der Waals surface area contributed by atoms with Crippen molar-refractivity contribution in [3.05, 3.63) is 170 Å². The van der Waals surface area contributed by atoms with Crippen molar-refractivity contribution in [2.45, 2.75) is 0 Å². The Morgan fingerprint density at radius 3 is 1.11 bits per heavy atom. The molecule has 6 rings (SSSR count). The van der Waals surface area contributed by atoms with Gasteiger partial charge in [-0.25, -0.2) is 0 Å². The summed E-state index contributed by atoms with van der Waals surface area (Å²) in [4.78, 5) is 4.65. The first-order valence-corrected chi connectivity index (χ1v) is 13.8. The zero-order valence-corrected chi connectivity index (χ0v) is 22.8. The molecule has 0 saturated carbocycles. The van der Waals surface area contributed by atoms with E-state index in [0.29, 0.717) is 0 Å². The van der Waals surface area contributed by atoms with E-state index in [2.05, 4.69) is 108 Å². The van der Waals surface area contributed by atoms with Crippen molar-refractivity contribution < 1.29 is 16.5 Å². The summed E-state index contributed by atoms with van der Waals surface area (Å²) >= 11 is 0. The second-order valence-electron chi connectivity index (χ2n) is 8.43. The van der Waals surface area contributed by atoms with Gasteiger partial charge in [-0.15, -0.1) is 71.8 Å². The van der Waals surface area contributed by atoms with Crippen molar-refractivity contribution in [2.24, 2.45) is 0 Å². The Morgan fingerprint density at radius 2 is 0.763 bits per heavy atom. The number of hydrogen-bond donors (Lipinski definition) is 0. The second kappa shape index (κ2) is 14.0.